The number of aliphatic carboxylic acids is 1. The number of methoxy groups -OCH3 is 1. The Morgan fingerprint density at radius 3 is 2.30 bits per heavy atom. The second-order valence-corrected chi connectivity index (χ2v) is 4.81. The number of hydrogen-bond donors (Lipinski definition) is 3. The molecule has 0 aromatic carbocycles. The summed E-state index contributed by atoms with van der Waals surface area (Å²) in [5.74, 6) is -3.49. The van der Waals surface area contributed by atoms with Crippen molar-refractivity contribution in [3.05, 3.63) is 0 Å². The number of hydrogen-bond acceptors (Lipinski definition) is 5. The third-order valence-electron chi connectivity index (χ3n) is 3.77. The highest BCUT2D eigenvalue weighted by Crippen LogP contribution is 2.41. The van der Waals surface area contributed by atoms with Crippen LogP contribution in [0.1, 0.15) is 13.3 Å². The van der Waals surface area contributed by atoms with Crippen molar-refractivity contribution < 1.29 is 24.2 Å². The summed E-state index contributed by atoms with van der Waals surface area (Å²) in [6.45, 7) is 1.77. The highest BCUT2D eigenvalue weighted by Gasteiger charge is 2.49. The Balaban J connectivity index is 0.00000361. The minimum atomic E-state index is -0.963. The average molecular weight is 309 g/mol. The molecule has 1 fully saturated rings. The first-order valence-electron chi connectivity index (χ1n) is 6.17. The largest absolute Gasteiger partial charge is 0.481 e. The predicted molar refractivity (Wildman–Crippen MR) is 73.2 cm³/mol. The summed E-state index contributed by atoms with van der Waals surface area (Å²) >= 11 is 0. The Bertz CT molecular complexity index is 377. The van der Waals surface area contributed by atoms with Crippen molar-refractivity contribution in [1.29, 1.82) is 0 Å². The van der Waals surface area contributed by atoms with Gasteiger partial charge in [0.25, 0.3) is 0 Å². The minimum absolute atomic E-state index is 0. The number of halogens is 1. The van der Waals surface area contributed by atoms with Gasteiger partial charge in [-0.15, -0.1) is 12.4 Å². The molecule has 1 aliphatic rings. The van der Waals surface area contributed by atoms with Crippen molar-refractivity contribution in [2.45, 2.75) is 13.3 Å². The Hall–Kier alpha value is -1.34. The smallest absolute Gasteiger partial charge is 0.309 e. The van der Waals surface area contributed by atoms with Gasteiger partial charge in [0.15, 0.2) is 0 Å². The topological polar surface area (TPSA) is 119 Å². The standard InChI is InChI=1S/C12H20N2O5.ClH/c1-6(15)14-5-10-8(12(18)19-2)3-7(11(16)17)9(10)4-13;/h7-10H,3-5,13H2,1-2H3,(H,14,15)(H,16,17);1H/t7-,8+,9+,10-;/m0./s1. The Labute approximate surface area is 123 Å². The fourth-order valence-electron chi connectivity index (χ4n) is 2.82. The lowest BCUT2D eigenvalue weighted by molar-refractivity contribution is -0.147. The molecule has 116 valence electrons. The Kier molecular flexibility index (Phi) is 7.52. The molecule has 1 saturated carbocycles. The maximum atomic E-state index is 11.7. The quantitative estimate of drug-likeness (QED) is 0.596. The van der Waals surface area contributed by atoms with E-state index in [-0.39, 0.29) is 49.7 Å². The number of esters is 1. The van der Waals surface area contributed by atoms with Gasteiger partial charge in [-0.05, 0) is 24.8 Å². The zero-order valence-corrected chi connectivity index (χ0v) is 12.3. The van der Waals surface area contributed by atoms with Gasteiger partial charge in [0.05, 0.1) is 18.9 Å². The first-order valence-corrected chi connectivity index (χ1v) is 6.17. The molecular weight excluding hydrogens is 288 g/mol. The number of amides is 1. The monoisotopic (exact) mass is 308 g/mol. The lowest BCUT2D eigenvalue weighted by Crippen LogP contribution is -2.38. The molecule has 0 heterocycles. The zero-order chi connectivity index (χ0) is 14.6. The Morgan fingerprint density at radius 1 is 1.30 bits per heavy atom. The van der Waals surface area contributed by atoms with Gasteiger partial charge >= 0.3 is 11.9 Å². The maximum absolute atomic E-state index is 11.7. The van der Waals surface area contributed by atoms with Crippen LogP contribution in [-0.4, -0.2) is 43.2 Å². The number of carbonyl (C=O) groups is 3. The second-order valence-electron chi connectivity index (χ2n) is 4.81. The van der Waals surface area contributed by atoms with Gasteiger partial charge in [-0.2, -0.15) is 0 Å². The number of ether oxygens (including phenoxy) is 1. The molecule has 4 atom stereocenters. The third-order valence-corrected chi connectivity index (χ3v) is 3.77. The fraction of sp³-hybridized carbons (Fsp3) is 0.750. The average Bonchev–Trinajstić information content (AvgIpc) is 2.73. The zero-order valence-electron chi connectivity index (χ0n) is 11.5. The van der Waals surface area contributed by atoms with Crippen LogP contribution in [0.25, 0.3) is 0 Å². The summed E-state index contributed by atoms with van der Waals surface area (Å²) < 4.78 is 4.71. The molecule has 0 aromatic heterocycles. The molecule has 0 aliphatic heterocycles. The van der Waals surface area contributed by atoms with Crippen molar-refractivity contribution in [2.75, 3.05) is 20.2 Å². The number of nitrogens with two attached hydrogens (primary N) is 1. The van der Waals surface area contributed by atoms with E-state index in [4.69, 9.17) is 10.5 Å². The summed E-state index contributed by atoms with van der Waals surface area (Å²) in [5.41, 5.74) is 5.63. The van der Waals surface area contributed by atoms with Crippen molar-refractivity contribution in [2.24, 2.45) is 29.4 Å². The fourth-order valence-corrected chi connectivity index (χ4v) is 2.82. The lowest BCUT2D eigenvalue weighted by atomic mass is 9.86. The van der Waals surface area contributed by atoms with Crippen molar-refractivity contribution >= 4 is 30.3 Å². The number of rotatable bonds is 5. The van der Waals surface area contributed by atoms with Crippen molar-refractivity contribution in [3.63, 3.8) is 0 Å². The molecule has 0 spiro atoms. The summed E-state index contributed by atoms with van der Waals surface area (Å²) in [5, 5.41) is 11.8. The summed E-state index contributed by atoms with van der Waals surface area (Å²) in [4.78, 5) is 33.9. The highest BCUT2D eigenvalue weighted by molar-refractivity contribution is 5.85. The van der Waals surface area contributed by atoms with Crippen LogP contribution in [0.15, 0.2) is 0 Å². The molecule has 1 rings (SSSR count). The molecule has 1 amide bonds. The first kappa shape index (κ1) is 18.7. The normalized spacial score (nSPS) is 28.4. The van der Waals surface area contributed by atoms with Gasteiger partial charge in [-0.1, -0.05) is 0 Å². The van der Waals surface area contributed by atoms with E-state index in [0.29, 0.717) is 0 Å². The Morgan fingerprint density at radius 2 is 1.90 bits per heavy atom. The highest BCUT2D eigenvalue weighted by atomic mass is 35.5. The second kappa shape index (κ2) is 8.06. The van der Waals surface area contributed by atoms with E-state index in [0.717, 1.165) is 0 Å². The summed E-state index contributed by atoms with van der Waals surface area (Å²) in [7, 11) is 1.27. The van der Waals surface area contributed by atoms with Crippen LogP contribution in [0, 0.1) is 23.7 Å². The van der Waals surface area contributed by atoms with Gasteiger partial charge < -0.3 is 20.9 Å². The molecule has 0 aromatic rings. The van der Waals surface area contributed by atoms with Crippen LogP contribution in [0.3, 0.4) is 0 Å². The van der Waals surface area contributed by atoms with Gasteiger partial charge in [0.2, 0.25) is 5.91 Å². The number of carboxylic acid groups (broad SMARTS) is 1. The van der Waals surface area contributed by atoms with Crippen LogP contribution < -0.4 is 11.1 Å². The number of carbonyl (C=O) groups excluding carboxylic acids is 2. The minimum Gasteiger partial charge on any atom is -0.481 e. The van der Waals surface area contributed by atoms with E-state index < -0.39 is 23.8 Å². The SMILES string of the molecule is COC(=O)[C@@H]1C[C@H](C(=O)O)[C@@H](CN)[C@H]1CNC(C)=O.Cl. The molecule has 0 unspecified atom stereocenters. The molecular formula is C12H21ClN2O5. The van der Waals surface area contributed by atoms with Gasteiger partial charge in [-0.25, -0.2) is 0 Å². The molecule has 0 saturated heterocycles. The molecule has 20 heavy (non-hydrogen) atoms. The van der Waals surface area contributed by atoms with Crippen LogP contribution in [0.5, 0.6) is 0 Å². The molecule has 1 aliphatic carbocycles. The summed E-state index contributed by atoms with van der Waals surface area (Å²) in [6, 6.07) is 0. The third kappa shape index (κ3) is 4.08. The number of nitrogens with one attached hydrogen (secondary N) is 1. The molecule has 0 bridgehead atoms. The molecule has 4 N–H and O–H groups in total. The molecule has 8 heteroatoms. The van der Waals surface area contributed by atoms with Gasteiger partial charge in [0, 0.05) is 13.5 Å². The van der Waals surface area contributed by atoms with Gasteiger partial charge in [-0.3, -0.25) is 14.4 Å². The van der Waals surface area contributed by atoms with E-state index in [9.17, 15) is 19.5 Å². The van der Waals surface area contributed by atoms with Crippen LogP contribution in [0.2, 0.25) is 0 Å². The van der Waals surface area contributed by atoms with Crippen molar-refractivity contribution in [1.82, 2.24) is 5.32 Å². The van der Waals surface area contributed by atoms with Crippen LogP contribution in [-0.2, 0) is 19.1 Å². The maximum Gasteiger partial charge on any atom is 0.309 e. The number of carboxylic acids is 1. The predicted octanol–water partition coefficient (Wildman–Crippen LogP) is -0.371. The summed E-state index contributed by atoms with van der Waals surface area (Å²) in [6.07, 6.45) is 0.203. The molecule has 7 nitrogen and oxygen atoms in total. The van der Waals surface area contributed by atoms with E-state index in [1.165, 1.54) is 14.0 Å². The van der Waals surface area contributed by atoms with Crippen LogP contribution in [0.4, 0.5) is 0 Å². The van der Waals surface area contributed by atoms with Gasteiger partial charge in [0.1, 0.15) is 0 Å². The van der Waals surface area contributed by atoms with E-state index in [2.05, 4.69) is 5.32 Å². The van der Waals surface area contributed by atoms with E-state index in [1.807, 2.05) is 0 Å². The van der Waals surface area contributed by atoms with E-state index in [1.54, 1.807) is 0 Å². The van der Waals surface area contributed by atoms with Crippen LogP contribution >= 0.6 is 12.4 Å². The lowest BCUT2D eigenvalue weighted by Gasteiger charge is -2.23. The molecule has 0 radical (unpaired) electrons. The first-order chi connectivity index (χ1) is 8.92. The van der Waals surface area contributed by atoms with E-state index >= 15 is 0 Å². The van der Waals surface area contributed by atoms with Crippen molar-refractivity contribution in [3.8, 4) is 0 Å².